The average molecular weight is 519 g/mol. The average Bonchev–Trinajstić information content (AvgIpc) is 3.69. The molecular formula is C27H23ClN4O3S. The smallest absolute Gasteiger partial charge is 0.262 e. The fourth-order valence-electron chi connectivity index (χ4n) is 3.73. The number of benzene rings is 3. The van der Waals surface area contributed by atoms with Crippen molar-refractivity contribution in [3.63, 3.8) is 0 Å². The number of carbonyl (C=O) groups is 2. The molecule has 0 radical (unpaired) electrons. The van der Waals surface area contributed by atoms with Crippen molar-refractivity contribution in [1.29, 1.82) is 0 Å². The number of anilines is 1. The van der Waals surface area contributed by atoms with E-state index in [1.165, 1.54) is 11.8 Å². The Hall–Kier alpha value is -3.62. The largest absolute Gasteiger partial charge is 0.349 e. The van der Waals surface area contributed by atoms with Gasteiger partial charge in [0.1, 0.15) is 0 Å². The van der Waals surface area contributed by atoms with Gasteiger partial charge < -0.3 is 10.6 Å². The number of fused-ring (bicyclic) bond motifs is 1. The van der Waals surface area contributed by atoms with Crippen LogP contribution in [0.5, 0.6) is 0 Å². The van der Waals surface area contributed by atoms with Gasteiger partial charge in [-0.25, -0.2) is 4.98 Å². The molecule has 182 valence electrons. The molecule has 1 fully saturated rings. The second-order valence-electron chi connectivity index (χ2n) is 8.59. The number of amides is 2. The van der Waals surface area contributed by atoms with Crippen molar-refractivity contribution in [3.8, 4) is 0 Å². The fourth-order valence-corrected chi connectivity index (χ4v) is 4.72. The topological polar surface area (TPSA) is 93.1 Å². The van der Waals surface area contributed by atoms with Crippen molar-refractivity contribution in [3.05, 3.63) is 99.3 Å². The highest BCUT2D eigenvalue weighted by Gasteiger charge is 2.23. The van der Waals surface area contributed by atoms with Crippen molar-refractivity contribution in [2.75, 3.05) is 11.1 Å². The van der Waals surface area contributed by atoms with Crippen molar-refractivity contribution in [2.45, 2.75) is 30.6 Å². The molecule has 0 saturated heterocycles. The van der Waals surface area contributed by atoms with Crippen LogP contribution in [-0.2, 0) is 11.3 Å². The van der Waals surface area contributed by atoms with E-state index in [0.29, 0.717) is 32.3 Å². The van der Waals surface area contributed by atoms with Crippen molar-refractivity contribution < 1.29 is 9.59 Å². The van der Waals surface area contributed by atoms with Gasteiger partial charge in [-0.2, -0.15) is 0 Å². The molecule has 0 spiro atoms. The van der Waals surface area contributed by atoms with Crippen LogP contribution in [0.25, 0.3) is 10.9 Å². The van der Waals surface area contributed by atoms with Crippen molar-refractivity contribution in [1.82, 2.24) is 14.9 Å². The molecule has 1 heterocycles. The highest BCUT2D eigenvalue weighted by molar-refractivity contribution is 7.99. The Labute approximate surface area is 216 Å². The molecule has 0 atom stereocenters. The van der Waals surface area contributed by atoms with Crippen LogP contribution in [0.2, 0.25) is 5.02 Å². The Balaban J connectivity index is 1.37. The lowest BCUT2D eigenvalue weighted by atomic mass is 10.1. The molecule has 2 N–H and O–H groups in total. The summed E-state index contributed by atoms with van der Waals surface area (Å²) in [6.07, 6.45) is 2.05. The van der Waals surface area contributed by atoms with Crippen LogP contribution in [0.3, 0.4) is 0 Å². The first-order valence-corrected chi connectivity index (χ1v) is 12.9. The maximum Gasteiger partial charge on any atom is 0.262 e. The van der Waals surface area contributed by atoms with Crippen LogP contribution < -0.4 is 16.2 Å². The van der Waals surface area contributed by atoms with Gasteiger partial charge in [0, 0.05) is 22.3 Å². The van der Waals surface area contributed by atoms with Crippen molar-refractivity contribution >= 4 is 51.8 Å². The molecule has 9 heteroatoms. The van der Waals surface area contributed by atoms with E-state index >= 15 is 0 Å². The first-order valence-electron chi connectivity index (χ1n) is 11.5. The molecule has 3 aromatic carbocycles. The van der Waals surface area contributed by atoms with E-state index in [1.54, 1.807) is 59.2 Å². The third-order valence-corrected chi connectivity index (χ3v) is 6.95. The molecule has 1 aliphatic rings. The summed E-state index contributed by atoms with van der Waals surface area (Å²) in [4.78, 5) is 42.9. The number of halogens is 1. The minimum Gasteiger partial charge on any atom is -0.349 e. The Bertz CT molecular complexity index is 1500. The van der Waals surface area contributed by atoms with Crippen LogP contribution >= 0.6 is 23.4 Å². The van der Waals surface area contributed by atoms with Crippen molar-refractivity contribution in [2.24, 2.45) is 0 Å². The number of nitrogens with one attached hydrogen (secondary N) is 2. The Morgan fingerprint density at radius 2 is 1.81 bits per heavy atom. The predicted octanol–water partition coefficient (Wildman–Crippen LogP) is 4.72. The molecule has 4 aromatic rings. The van der Waals surface area contributed by atoms with Gasteiger partial charge in [-0.1, -0.05) is 53.7 Å². The molecule has 7 nitrogen and oxygen atoms in total. The Morgan fingerprint density at radius 3 is 2.56 bits per heavy atom. The zero-order valence-electron chi connectivity index (χ0n) is 19.2. The molecule has 1 aromatic heterocycles. The molecular weight excluding hydrogens is 496 g/mol. The number of aromatic nitrogens is 2. The number of hydrogen-bond donors (Lipinski definition) is 2. The fraction of sp³-hybridized carbons (Fsp3) is 0.185. The summed E-state index contributed by atoms with van der Waals surface area (Å²) < 4.78 is 1.57. The van der Waals surface area contributed by atoms with E-state index in [1.807, 2.05) is 18.2 Å². The van der Waals surface area contributed by atoms with Gasteiger partial charge in [-0.15, -0.1) is 0 Å². The Kier molecular flexibility index (Phi) is 7.06. The summed E-state index contributed by atoms with van der Waals surface area (Å²) in [5.74, 6) is -0.254. The third kappa shape index (κ3) is 5.78. The van der Waals surface area contributed by atoms with E-state index < -0.39 is 0 Å². The van der Waals surface area contributed by atoms with Crippen LogP contribution in [-0.4, -0.2) is 33.2 Å². The number of thioether (sulfide) groups is 1. The summed E-state index contributed by atoms with van der Waals surface area (Å²) in [6.45, 7) is 0.263. The van der Waals surface area contributed by atoms with Gasteiger partial charge in [0.25, 0.3) is 11.5 Å². The second kappa shape index (κ2) is 10.6. The number of rotatable bonds is 8. The van der Waals surface area contributed by atoms with Gasteiger partial charge in [0.15, 0.2) is 5.16 Å². The summed E-state index contributed by atoms with van der Waals surface area (Å²) in [5.41, 5.74) is 2.42. The normalized spacial score (nSPS) is 12.9. The number of carbonyl (C=O) groups excluding carboxylic acids is 2. The van der Waals surface area contributed by atoms with Crippen LogP contribution in [0.1, 0.15) is 28.8 Å². The van der Waals surface area contributed by atoms with E-state index in [9.17, 15) is 14.4 Å². The first-order chi connectivity index (χ1) is 17.5. The van der Waals surface area contributed by atoms with E-state index in [4.69, 9.17) is 11.6 Å². The molecule has 2 amide bonds. The first kappa shape index (κ1) is 24.1. The van der Waals surface area contributed by atoms with E-state index in [0.717, 1.165) is 18.4 Å². The van der Waals surface area contributed by atoms with Gasteiger partial charge in [0.05, 0.1) is 23.2 Å². The molecule has 36 heavy (non-hydrogen) atoms. The van der Waals surface area contributed by atoms with E-state index in [-0.39, 0.29) is 35.7 Å². The molecule has 5 rings (SSSR count). The van der Waals surface area contributed by atoms with Gasteiger partial charge in [0.2, 0.25) is 5.91 Å². The quantitative estimate of drug-likeness (QED) is 0.260. The lowest BCUT2D eigenvalue weighted by Gasteiger charge is -2.14. The SMILES string of the molecule is O=C(CSc1nc2ccccc2c(=O)n1Cc1ccc(C(=O)NC2CC2)cc1)Nc1cccc(Cl)c1. The third-order valence-electron chi connectivity index (χ3n) is 5.74. The molecule has 0 unspecified atom stereocenters. The van der Waals surface area contributed by atoms with E-state index in [2.05, 4.69) is 15.6 Å². The molecule has 1 aliphatic carbocycles. The van der Waals surface area contributed by atoms with Gasteiger partial charge in [-0.05, 0) is 60.9 Å². The number of para-hydroxylation sites is 1. The predicted molar refractivity (Wildman–Crippen MR) is 143 cm³/mol. The van der Waals surface area contributed by atoms with Crippen LogP contribution in [0, 0.1) is 0 Å². The maximum atomic E-state index is 13.4. The summed E-state index contributed by atoms with van der Waals surface area (Å²) in [5, 5.41) is 7.26. The maximum absolute atomic E-state index is 13.4. The zero-order chi connectivity index (χ0) is 25.1. The number of nitrogens with zero attached hydrogens (tertiary/aromatic N) is 2. The minimum atomic E-state index is -0.234. The van der Waals surface area contributed by atoms with Crippen LogP contribution in [0.15, 0.2) is 82.7 Å². The zero-order valence-corrected chi connectivity index (χ0v) is 20.8. The summed E-state index contributed by atoms with van der Waals surface area (Å²) in [6, 6.07) is 21.6. The lowest BCUT2D eigenvalue weighted by Crippen LogP contribution is -2.26. The molecule has 1 saturated carbocycles. The highest BCUT2D eigenvalue weighted by atomic mass is 35.5. The lowest BCUT2D eigenvalue weighted by molar-refractivity contribution is -0.113. The molecule has 0 bridgehead atoms. The van der Waals surface area contributed by atoms with Gasteiger partial charge >= 0.3 is 0 Å². The second-order valence-corrected chi connectivity index (χ2v) is 9.97. The number of hydrogen-bond acceptors (Lipinski definition) is 5. The summed E-state index contributed by atoms with van der Waals surface area (Å²) in [7, 11) is 0. The van der Waals surface area contributed by atoms with Crippen LogP contribution in [0.4, 0.5) is 5.69 Å². The molecule has 0 aliphatic heterocycles. The minimum absolute atomic E-state index is 0.0670. The monoisotopic (exact) mass is 518 g/mol. The highest BCUT2D eigenvalue weighted by Crippen LogP contribution is 2.22. The standard InChI is InChI=1S/C27H23ClN4O3S/c28-19-4-3-5-21(14-19)29-24(33)16-36-27-31-23-7-2-1-6-22(23)26(35)32(27)15-17-8-10-18(11-9-17)25(34)30-20-12-13-20/h1-11,14,20H,12-13,15-16H2,(H,29,33)(H,30,34). The Morgan fingerprint density at radius 1 is 1.03 bits per heavy atom. The summed E-state index contributed by atoms with van der Waals surface area (Å²) >= 11 is 7.19. The van der Waals surface area contributed by atoms with Gasteiger partial charge in [-0.3, -0.25) is 19.0 Å².